The highest BCUT2D eigenvalue weighted by Crippen LogP contribution is 2.21. The predicted molar refractivity (Wildman–Crippen MR) is 78.8 cm³/mol. The quantitative estimate of drug-likeness (QED) is 0.827. The molecule has 1 N–H and O–H groups in total. The summed E-state index contributed by atoms with van der Waals surface area (Å²) < 4.78 is 5.42. The van der Waals surface area contributed by atoms with E-state index in [2.05, 4.69) is 16.8 Å². The number of hydrogen-bond acceptors (Lipinski definition) is 4. The van der Waals surface area contributed by atoms with E-state index in [9.17, 15) is 4.79 Å². The molecule has 1 amide bonds. The van der Waals surface area contributed by atoms with E-state index in [0.29, 0.717) is 31.9 Å². The van der Waals surface area contributed by atoms with Gasteiger partial charge >= 0.3 is 0 Å². The van der Waals surface area contributed by atoms with Gasteiger partial charge in [0.2, 0.25) is 0 Å². The van der Waals surface area contributed by atoms with E-state index in [1.54, 1.807) is 23.2 Å². The lowest BCUT2D eigenvalue weighted by molar-refractivity contribution is -0.0373. The van der Waals surface area contributed by atoms with Gasteiger partial charge in [-0.05, 0) is 26.0 Å². The zero-order valence-electron chi connectivity index (χ0n) is 12.4. The lowest BCUT2D eigenvalue weighted by Gasteiger charge is -2.41. The minimum atomic E-state index is -0.323. The van der Waals surface area contributed by atoms with Gasteiger partial charge in [-0.3, -0.25) is 4.79 Å². The normalized spacial score (nSPS) is 17.0. The number of hydrogen-bond donors (Lipinski definition) is 1. The summed E-state index contributed by atoms with van der Waals surface area (Å²) in [5.74, 6) is 5.63. The topological polar surface area (TPSA) is 62.7 Å². The fraction of sp³-hybridized carbons (Fsp3) is 0.500. The molecule has 0 aromatic carbocycles. The molecule has 0 atom stereocenters. The zero-order chi connectivity index (χ0) is 15.3. The number of rotatable bonds is 2. The molecule has 0 bridgehead atoms. The van der Waals surface area contributed by atoms with Crippen molar-refractivity contribution < 1.29 is 14.6 Å². The molecule has 0 unspecified atom stereocenters. The molecule has 1 aliphatic rings. The highest BCUT2D eigenvalue weighted by Gasteiger charge is 2.34. The summed E-state index contributed by atoms with van der Waals surface area (Å²) in [4.78, 5) is 18.5. The Morgan fingerprint density at radius 3 is 2.95 bits per heavy atom. The number of morpholine rings is 1. The van der Waals surface area contributed by atoms with Gasteiger partial charge in [0.05, 0.1) is 25.4 Å². The fourth-order valence-corrected chi connectivity index (χ4v) is 2.19. The standard InChI is InChI=1S/C16H20N2O3/c1-16(2)12-21-10-8-18(16)15(20)14-7-6-13(11-17-14)5-3-4-9-19/h6-7,11,19H,4,8-10,12H2,1-2H3. The Kier molecular flexibility index (Phi) is 4.94. The summed E-state index contributed by atoms with van der Waals surface area (Å²) >= 11 is 0. The first kappa shape index (κ1) is 15.5. The molecule has 1 aliphatic heterocycles. The number of aromatic nitrogens is 1. The van der Waals surface area contributed by atoms with Crippen LogP contribution in [0, 0.1) is 11.8 Å². The van der Waals surface area contributed by atoms with Crippen molar-refractivity contribution in [3.63, 3.8) is 0 Å². The summed E-state index contributed by atoms with van der Waals surface area (Å²) in [6, 6.07) is 3.47. The molecule has 112 valence electrons. The molecule has 0 spiro atoms. The van der Waals surface area contributed by atoms with Crippen LogP contribution in [-0.2, 0) is 4.74 Å². The molecule has 1 fully saturated rings. The smallest absolute Gasteiger partial charge is 0.273 e. The van der Waals surface area contributed by atoms with Gasteiger partial charge in [-0.15, -0.1) is 0 Å². The van der Waals surface area contributed by atoms with Crippen molar-refractivity contribution in [3.8, 4) is 11.8 Å². The van der Waals surface area contributed by atoms with Crippen LogP contribution in [-0.4, -0.2) is 52.8 Å². The van der Waals surface area contributed by atoms with Gasteiger partial charge in [0.1, 0.15) is 5.69 Å². The number of aliphatic hydroxyl groups is 1. The zero-order valence-corrected chi connectivity index (χ0v) is 12.4. The third-order valence-electron chi connectivity index (χ3n) is 3.34. The first-order chi connectivity index (χ1) is 10.0. The number of carbonyl (C=O) groups excluding carboxylic acids is 1. The number of pyridine rings is 1. The summed E-state index contributed by atoms with van der Waals surface area (Å²) in [6.45, 7) is 5.68. The van der Waals surface area contributed by atoms with Crippen LogP contribution in [0.3, 0.4) is 0 Å². The third-order valence-corrected chi connectivity index (χ3v) is 3.34. The van der Waals surface area contributed by atoms with Crippen LogP contribution < -0.4 is 0 Å². The number of ether oxygens (including phenoxy) is 1. The number of aliphatic hydroxyl groups excluding tert-OH is 1. The van der Waals surface area contributed by atoms with E-state index in [1.807, 2.05) is 13.8 Å². The van der Waals surface area contributed by atoms with Crippen LogP contribution >= 0.6 is 0 Å². The van der Waals surface area contributed by atoms with Crippen LogP contribution in [0.25, 0.3) is 0 Å². The van der Waals surface area contributed by atoms with E-state index in [4.69, 9.17) is 9.84 Å². The first-order valence-corrected chi connectivity index (χ1v) is 7.00. The molecule has 0 radical (unpaired) electrons. The van der Waals surface area contributed by atoms with E-state index in [0.717, 1.165) is 5.56 Å². The Balaban J connectivity index is 2.11. The largest absolute Gasteiger partial charge is 0.395 e. The summed E-state index contributed by atoms with van der Waals surface area (Å²) in [7, 11) is 0. The second kappa shape index (κ2) is 6.70. The number of nitrogens with zero attached hydrogens (tertiary/aromatic N) is 2. The molecule has 21 heavy (non-hydrogen) atoms. The van der Waals surface area contributed by atoms with Crippen LogP contribution in [0.4, 0.5) is 0 Å². The van der Waals surface area contributed by atoms with Crippen molar-refractivity contribution in [3.05, 3.63) is 29.6 Å². The highest BCUT2D eigenvalue weighted by atomic mass is 16.5. The van der Waals surface area contributed by atoms with Crippen LogP contribution in [0.15, 0.2) is 18.3 Å². The Hall–Kier alpha value is -1.90. The van der Waals surface area contributed by atoms with E-state index in [1.165, 1.54) is 0 Å². The highest BCUT2D eigenvalue weighted by molar-refractivity contribution is 5.93. The Bertz CT molecular complexity index is 555. The van der Waals surface area contributed by atoms with Gasteiger partial charge in [0.25, 0.3) is 5.91 Å². The van der Waals surface area contributed by atoms with Crippen molar-refractivity contribution in [2.75, 3.05) is 26.4 Å². The average Bonchev–Trinajstić information content (AvgIpc) is 2.47. The minimum Gasteiger partial charge on any atom is -0.395 e. The van der Waals surface area contributed by atoms with Crippen molar-refractivity contribution in [1.82, 2.24) is 9.88 Å². The second-order valence-electron chi connectivity index (χ2n) is 5.53. The molecular weight excluding hydrogens is 268 g/mol. The molecule has 5 heteroatoms. The Labute approximate surface area is 124 Å². The molecule has 1 aromatic heterocycles. The van der Waals surface area contributed by atoms with Crippen LogP contribution in [0.1, 0.15) is 36.3 Å². The molecule has 1 aromatic rings. The van der Waals surface area contributed by atoms with E-state index in [-0.39, 0.29) is 18.1 Å². The maximum Gasteiger partial charge on any atom is 0.273 e. The lowest BCUT2D eigenvalue weighted by atomic mass is 10.0. The molecule has 0 aliphatic carbocycles. The van der Waals surface area contributed by atoms with E-state index >= 15 is 0 Å². The predicted octanol–water partition coefficient (Wildman–Crippen LogP) is 1.07. The lowest BCUT2D eigenvalue weighted by Crippen LogP contribution is -2.55. The van der Waals surface area contributed by atoms with Gasteiger partial charge in [0, 0.05) is 24.7 Å². The Morgan fingerprint density at radius 2 is 2.33 bits per heavy atom. The maximum atomic E-state index is 12.5. The van der Waals surface area contributed by atoms with Gasteiger partial charge in [0.15, 0.2) is 0 Å². The van der Waals surface area contributed by atoms with Gasteiger partial charge in [-0.25, -0.2) is 4.98 Å². The van der Waals surface area contributed by atoms with Crippen molar-refractivity contribution in [2.24, 2.45) is 0 Å². The molecule has 5 nitrogen and oxygen atoms in total. The maximum absolute atomic E-state index is 12.5. The molecule has 2 heterocycles. The second-order valence-corrected chi connectivity index (χ2v) is 5.53. The molecule has 2 rings (SSSR count). The Morgan fingerprint density at radius 1 is 1.52 bits per heavy atom. The number of carbonyl (C=O) groups is 1. The first-order valence-electron chi connectivity index (χ1n) is 7.00. The third kappa shape index (κ3) is 3.81. The summed E-state index contributed by atoms with van der Waals surface area (Å²) in [6.07, 6.45) is 2.02. The number of amides is 1. The summed E-state index contributed by atoms with van der Waals surface area (Å²) in [5, 5.41) is 8.68. The van der Waals surface area contributed by atoms with E-state index < -0.39 is 0 Å². The van der Waals surface area contributed by atoms with Crippen molar-refractivity contribution >= 4 is 5.91 Å². The molecule has 1 saturated heterocycles. The average molecular weight is 288 g/mol. The van der Waals surface area contributed by atoms with Gasteiger partial charge < -0.3 is 14.7 Å². The SMILES string of the molecule is CC1(C)COCCN1C(=O)c1ccc(C#CCCO)cn1. The van der Waals surface area contributed by atoms with Crippen molar-refractivity contribution in [1.29, 1.82) is 0 Å². The van der Waals surface area contributed by atoms with Crippen molar-refractivity contribution in [2.45, 2.75) is 25.8 Å². The van der Waals surface area contributed by atoms with Gasteiger partial charge in [-0.1, -0.05) is 11.8 Å². The summed E-state index contributed by atoms with van der Waals surface area (Å²) in [5.41, 5.74) is 0.829. The van der Waals surface area contributed by atoms with Crippen LogP contribution in [0.5, 0.6) is 0 Å². The molecular formula is C16H20N2O3. The molecule has 0 saturated carbocycles. The fourth-order valence-electron chi connectivity index (χ4n) is 2.19. The van der Waals surface area contributed by atoms with Gasteiger partial charge in [-0.2, -0.15) is 0 Å². The van der Waals surface area contributed by atoms with Crippen LogP contribution in [0.2, 0.25) is 0 Å². The minimum absolute atomic E-state index is 0.0448. The monoisotopic (exact) mass is 288 g/mol.